The van der Waals surface area contributed by atoms with Gasteiger partial charge in [0.1, 0.15) is 6.10 Å². The molecule has 0 amide bonds. The highest BCUT2D eigenvalue weighted by Gasteiger charge is 2.23. The molecule has 4 nitrogen and oxygen atoms in total. The number of nitrogens with two attached hydrogens (primary N) is 1. The van der Waals surface area contributed by atoms with Gasteiger partial charge in [0.15, 0.2) is 0 Å². The van der Waals surface area contributed by atoms with Gasteiger partial charge in [0, 0.05) is 12.2 Å². The summed E-state index contributed by atoms with van der Waals surface area (Å²) in [7, 11) is 0. The van der Waals surface area contributed by atoms with E-state index in [1.54, 1.807) is 12.3 Å². The summed E-state index contributed by atoms with van der Waals surface area (Å²) in [5.74, 6) is 0.692. The summed E-state index contributed by atoms with van der Waals surface area (Å²) >= 11 is 0. The Balaban J connectivity index is 1.84. The average Bonchev–Trinajstić information content (AvgIpc) is 2.83. The lowest BCUT2D eigenvalue weighted by Crippen LogP contribution is -2.31. The second kappa shape index (κ2) is 5.46. The molecule has 1 fully saturated rings. The lowest BCUT2D eigenvalue weighted by Gasteiger charge is -2.26. The monoisotopic (exact) mass is 223 g/mol. The first kappa shape index (κ1) is 11.6. The van der Waals surface area contributed by atoms with E-state index in [-0.39, 0.29) is 6.04 Å². The fourth-order valence-corrected chi connectivity index (χ4v) is 2.59. The summed E-state index contributed by atoms with van der Waals surface area (Å²) in [5.41, 5.74) is 6.69. The molecule has 0 saturated heterocycles. The lowest BCUT2D eigenvalue weighted by atomic mass is 9.83. The molecule has 1 saturated carbocycles. The Morgan fingerprint density at radius 1 is 1.44 bits per heavy atom. The van der Waals surface area contributed by atoms with Gasteiger partial charge in [-0.05, 0) is 18.4 Å². The fraction of sp³-hybridized carbons (Fsp3) is 0.750. The Kier molecular flexibility index (Phi) is 3.96. The molecule has 0 bridgehead atoms. The van der Waals surface area contributed by atoms with Gasteiger partial charge in [-0.1, -0.05) is 32.1 Å². The predicted octanol–water partition coefficient (Wildman–Crippen LogP) is 1.74. The number of H-pyrrole nitrogens is 1. The standard InChI is InChI=1S/C12H21N3O/c13-10(8-9-4-2-1-3-5-9)12(16)11-6-7-14-15-11/h6-7,9-10,12,16H,1-5,8,13H2,(H,14,15)/t10?,12-/m1/s1. The maximum absolute atomic E-state index is 10.0. The number of hydrogen-bond acceptors (Lipinski definition) is 3. The fourth-order valence-electron chi connectivity index (χ4n) is 2.59. The van der Waals surface area contributed by atoms with E-state index in [2.05, 4.69) is 10.2 Å². The van der Waals surface area contributed by atoms with Crippen molar-refractivity contribution in [3.63, 3.8) is 0 Å². The molecule has 0 aromatic carbocycles. The van der Waals surface area contributed by atoms with Gasteiger partial charge in [0.2, 0.25) is 0 Å². The number of nitrogens with one attached hydrogen (secondary N) is 1. The summed E-state index contributed by atoms with van der Waals surface area (Å²) < 4.78 is 0. The number of hydrogen-bond donors (Lipinski definition) is 3. The molecule has 4 heteroatoms. The van der Waals surface area contributed by atoms with Crippen molar-refractivity contribution in [1.29, 1.82) is 0 Å². The molecule has 16 heavy (non-hydrogen) atoms. The van der Waals surface area contributed by atoms with E-state index in [0.717, 1.165) is 6.42 Å². The molecule has 1 aromatic rings. The van der Waals surface area contributed by atoms with Gasteiger partial charge in [-0.3, -0.25) is 5.10 Å². The maximum Gasteiger partial charge on any atom is 0.113 e. The predicted molar refractivity (Wildman–Crippen MR) is 62.7 cm³/mol. The summed E-state index contributed by atoms with van der Waals surface area (Å²) in [6.45, 7) is 0. The Bertz CT molecular complexity index is 293. The van der Waals surface area contributed by atoms with Crippen LogP contribution in [0.5, 0.6) is 0 Å². The third-order valence-corrected chi connectivity index (χ3v) is 3.56. The summed E-state index contributed by atoms with van der Waals surface area (Å²) in [5, 5.41) is 16.7. The van der Waals surface area contributed by atoms with Gasteiger partial charge >= 0.3 is 0 Å². The highest BCUT2D eigenvalue weighted by atomic mass is 16.3. The van der Waals surface area contributed by atoms with Crippen LogP contribution in [0, 0.1) is 5.92 Å². The van der Waals surface area contributed by atoms with Crippen molar-refractivity contribution < 1.29 is 5.11 Å². The highest BCUT2D eigenvalue weighted by molar-refractivity contribution is 5.04. The zero-order chi connectivity index (χ0) is 11.4. The first-order chi connectivity index (χ1) is 7.77. The first-order valence-electron chi connectivity index (χ1n) is 6.20. The number of aromatic amines is 1. The van der Waals surface area contributed by atoms with E-state index < -0.39 is 6.10 Å². The van der Waals surface area contributed by atoms with E-state index in [0.29, 0.717) is 11.6 Å². The number of aliphatic hydroxyl groups excluding tert-OH is 1. The molecule has 0 radical (unpaired) electrons. The van der Waals surface area contributed by atoms with Crippen LogP contribution in [0.1, 0.15) is 50.3 Å². The Morgan fingerprint density at radius 2 is 2.19 bits per heavy atom. The largest absolute Gasteiger partial charge is 0.385 e. The van der Waals surface area contributed by atoms with Crippen molar-refractivity contribution in [3.8, 4) is 0 Å². The maximum atomic E-state index is 10.0. The SMILES string of the molecule is NC(CC1CCCCC1)[C@@H](O)c1cc[nH]n1. The van der Waals surface area contributed by atoms with Gasteiger partial charge in [0.25, 0.3) is 0 Å². The van der Waals surface area contributed by atoms with Crippen molar-refractivity contribution in [3.05, 3.63) is 18.0 Å². The van der Waals surface area contributed by atoms with Gasteiger partial charge in [0.05, 0.1) is 5.69 Å². The van der Waals surface area contributed by atoms with E-state index in [1.165, 1.54) is 32.1 Å². The van der Waals surface area contributed by atoms with E-state index in [1.807, 2.05) is 0 Å². The van der Waals surface area contributed by atoms with Gasteiger partial charge in [-0.15, -0.1) is 0 Å². The number of aromatic nitrogens is 2. The Hall–Kier alpha value is -0.870. The molecule has 1 aliphatic rings. The van der Waals surface area contributed by atoms with Crippen LogP contribution in [0.25, 0.3) is 0 Å². The van der Waals surface area contributed by atoms with Crippen LogP contribution in [0.3, 0.4) is 0 Å². The minimum atomic E-state index is -0.631. The topological polar surface area (TPSA) is 74.9 Å². The first-order valence-corrected chi connectivity index (χ1v) is 6.20. The van der Waals surface area contributed by atoms with Crippen LogP contribution in [-0.4, -0.2) is 21.3 Å². The van der Waals surface area contributed by atoms with Crippen molar-refractivity contribution in [1.82, 2.24) is 10.2 Å². The Morgan fingerprint density at radius 3 is 2.81 bits per heavy atom. The molecule has 4 N–H and O–H groups in total. The van der Waals surface area contributed by atoms with Gasteiger partial charge < -0.3 is 10.8 Å². The molecule has 0 spiro atoms. The second-order valence-corrected chi connectivity index (χ2v) is 4.85. The van der Waals surface area contributed by atoms with Crippen molar-refractivity contribution in [2.24, 2.45) is 11.7 Å². The zero-order valence-corrected chi connectivity index (χ0v) is 9.60. The average molecular weight is 223 g/mol. The minimum absolute atomic E-state index is 0.189. The lowest BCUT2D eigenvalue weighted by molar-refractivity contribution is 0.124. The molecule has 1 heterocycles. The van der Waals surface area contributed by atoms with Crippen LogP contribution in [0.2, 0.25) is 0 Å². The Labute approximate surface area is 96.2 Å². The molecule has 2 rings (SSSR count). The number of rotatable bonds is 4. The quantitative estimate of drug-likeness (QED) is 0.727. The summed E-state index contributed by atoms with van der Waals surface area (Å²) in [6, 6.07) is 1.59. The molecular formula is C12H21N3O. The van der Waals surface area contributed by atoms with E-state index in [4.69, 9.17) is 5.73 Å². The third-order valence-electron chi connectivity index (χ3n) is 3.56. The van der Waals surface area contributed by atoms with Crippen LogP contribution >= 0.6 is 0 Å². The summed E-state index contributed by atoms with van der Waals surface area (Å²) in [6.07, 6.45) is 8.51. The second-order valence-electron chi connectivity index (χ2n) is 4.85. The van der Waals surface area contributed by atoms with Gasteiger partial charge in [-0.2, -0.15) is 5.10 Å². The van der Waals surface area contributed by atoms with Crippen molar-refractivity contribution in [2.75, 3.05) is 0 Å². The van der Waals surface area contributed by atoms with Crippen LogP contribution < -0.4 is 5.73 Å². The molecule has 1 aliphatic carbocycles. The number of aliphatic hydroxyl groups is 1. The molecule has 90 valence electrons. The van der Waals surface area contributed by atoms with E-state index in [9.17, 15) is 5.11 Å². The van der Waals surface area contributed by atoms with E-state index >= 15 is 0 Å². The number of nitrogens with zero attached hydrogens (tertiary/aromatic N) is 1. The third kappa shape index (κ3) is 2.83. The minimum Gasteiger partial charge on any atom is -0.385 e. The van der Waals surface area contributed by atoms with Crippen LogP contribution in [0.15, 0.2) is 12.3 Å². The highest BCUT2D eigenvalue weighted by Crippen LogP contribution is 2.29. The molecule has 1 unspecified atom stereocenters. The molecule has 0 aliphatic heterocycles. The van der Waals surface area contributed by atoms with Crippen LogP contribution in [-0.2, 0) is 0 Å². The van der Waals surface area contributed by atoms with Crippen molar-refractivity contribution in [2.45, 2.75) is 50.7 Å². The normalized spacial score (nSPS) is 21.9. The van der Waals surface area contributed by atoms with Crippen molar-refractivity contribution >= 4 is 0 Å². The van der Waals surface area contributed by atoms with Crippen LogP contribution in [0.4, 0.5) is 0 Å². The van der Waals surface area contributed by atoms with Gasteiger partial charge in [-0.25, -0.2) is 0 Å². The smallest absolute Gasteiger partial charge is 0.113 e. The zero-order valence-electron chi connectivity index (χ0n) is 9.60. The summed E-state index contributed by atoms with van der Waals surface area (Å²) in [4.78, 5) is 0. The molecule has 2 atom stereocenters. The molecule has 1 aromatic heterocycles. The molecular weight excluding hydrogens is 202 g/mol.